The van der Waals surface area contributed by atoms with Crippen LogP contribution in [-0.4, -0.2) is 43.6 Å². The van der Waals surface area contributed by atoms with Gasteiger partial charge in [0.2, 0.25) is 0 Å². The fourth-order valence-corrected chi connectivity index (χ4v) is 3.59. The minimum Gasteiger partial charge on any atom is -0.496 e. The number of methoxy groups -OCH3 is 1. The lowest BCUT2D eigenvalue weighted by molar-refractivity contribution is 0.0437. The van der Waals surface area contributed by atoms with Crippen molar-refractivity contribution in [1.82, 2.24) is 10.6 Å². The molecule has 0 fully saturated rings. The topological polar surface area (TPSA) is 79.0 Å². The normalized spacial score (nSPS) is 15.0. The van der Waals surface area contributed by atoms with E-state index in [2.05, 4.69) is 28.6 Å². The number of ether oxygens (including phenoxy) is 1. The average molecular weight is 406 g/mol. The molecular weight excluding hydrogens is 374 g/mol. The molecule has 1 heterocycles. The van der Waals surface area contributed by atoms with E-state index in [9.17, 15) is 5.11 Å². The predicted octanol–water partition coefficient (Wildman–Crippen LogP) is 3.48. The van der Waals surface area contributed by atoms with E-state index in [1.54, 1.807) is 44.2 Å². The van der Waals surface area contributed by atoms with Crippen molar-refractivity contribution < 1.29 is 14.3 Å². The van der Waals surface area contributed by atoms with Crippen LogP contribution in [0.1, 0.15) is 26.5 Å². The number of hydrogen-bond donors (Lipinski definition) is 3. The number of para-hydroxylation sites is 1. The molecule has 6 nitrogen and oxygen atoms in total. The van der Waals surface area contributed by atoms with Crippen LogP contribution in [0.25, 0.3) is 0 Å². The standard InChI is InChI=1S/C21H31N3O3S/c1-5-22-20(24-15-21(3,25)19-11-8-12-27-19)23-13-16(2)14-28-18-10-7-6-9-17(18)26-4/h6-12,16,25H,5,13-15H2,1-4H3,(H2,22,23,24). The number of nitrogens with zero attached hydrogens (tertiary/aromatic N) is 1. The summed E-state index contributed by atoms with van der Waals surface area (Å²) in [6.07, 6.45) is 1.55. The Morgan fingerprint density at radius 3 is 2.75 bits per heavy atom. The molecule has 0 aliphatic heterocycles. The van der Waals surface area contributed by atoms with E-state index in [0.717, 1.165) is 29.5 Å². The van der Waals surface area contributed by atoms with E-state index in [0.29, 0.717) is 17.6 Å². The molecular formula is C21H31N3O3S. The van der Waals surface area contributed by atoms with E-state index in [1.165, 1.54) is 0 Å². The Hall–Kier alpha value is -2.12. The van der Waals surface area contributed by atoms with Crippen molar-refractivity contribution in [3.8, 4) is 5.75 Å². The van der Waals surface area contributed by atoms with Gasteiger partial charge in [-0.3, -0.25) is 0 Å². The van der Waals surface area contributed by atoms with E-state index in [4.69, 9.17) is 9.15 Å². The van der Waals surface area contributed by atoms with Gasteiger partial charge < -0.3 is 24.9 Å². The highest BCUT2D eigenvalue weighted by Crippen LogP contribution is 2.29. The molecule has 2 atom stereocenters. The van der Waals surface area contributed by atoms with E-state index >= 15 is 0 Å². The first-order valence-electron chi connectivity index (χ1n) is 9.50. The highest BCUT2D eigenvalue weighted by atomic mass is 32.2. The third kappa shape index (κ3) is 6.80. The van der Waals surface area contributed by atoms with Crippen LogP contribution in [0, 0.1) is 5.92 Å². The summed E-state index contributed by atoms with van der Waals surface area (Å²) in [5.74, 6) is 3.47. The van der Waals surface area contributed by atoms with Crippen LogP contribution in [0.5, 0.6) is 5.75 Å². The minimum atomic E-state index is -1.14. The SMILES string of the molecule is CCNC(=NCC(C)(O)c1ccco1)NCC(C)CSc1ccccc1OC. The fraction of sp³-hybridized carbons (Fsp3) is 0.476. The maximum Gasteiger partial charge on any atom is 0.191 e. The van der Waals surface area contributed by atoms with Gasteiger partial charge in [0.25, 0.3) is 0 Å². The molecule has 7 heteroatoms. The quantitative estimate of drug-likeness (QED) is 0.319. The van der Waals surface area contributed by atoms with Crippen LogP contribution in [0.2, 0.25) is 0 Å². The number of guanidine groups is 1. The van der Waals surface area contributed by atoms with Crippen LogP contribution < -0.4 is 15.4 Å². The number of hydrogen-bond acceptors (Lipinski definition) is 5. The van der Waals surface area contributed by atoms with Gasteiger partial charge >= 0.3 is 0 Å². The second-order valence-corrected chi connectivity index (χ2v) is 7.96. The molecule has 0 saturated carbocycles. The summed E-state index contributed by atoms with van der Waals surface area (Å²) in [7, 11) is 1.70. The van der Waals surface area contributed by atoms with Crippen LogP contribution in [0.15, 0.2) is 57.0 Å². The van der Waals surface area contributed by atoms with Gasteiger partial charge in [-0.2, -0.15) is 0 Å². The molecule has 0 amide bonds. The number of aliphatic imine (C=N–C) groups is 1. The molecule has 0 aliphatic rings. The van der Waals surface area contributed by atoms with Crippen molar-refractivity contribution in [3.63, 3.8) is 0 Å². The molecule has 1 aromatic heterocycles. The molecule has 0 spiro atoms. The van der Waals surface area contributed by atoms with Crippen LogP contribution in [0.3, 0.4) is 0 Å². The van der Waals surface area contributed by atoms with Gasteiger partial charge in [-0.25, -0.2) is 4.99 Å². The minimum absolute atomic E-state index is 0.209. The average Bonchev–Trinajstić information content (AvgIpc) is 3.24. The van der Waals surface area contributed by atoms with Gasteiger partial charge in [-0.05, 0) is 44.0 Å². The number of benzene rings is 1. The first-order valence-corrected chi connectivity index (χ1v) is 10.5. The van der Waals surface area contributed by atoms with Crippen molar-refractivity contribution >= 4 is 17.7 Å². The maximum absolute atomic E-state index is 10.6. The zero-order valence-corrected chi connectivity index (χ0v) is 17.9. The molecule has 2 aromatic rings. The third-order valence-electron chi connectivity index (χ3n) is 4.15. The third-order valence-corrected chi connectivity index (χ3v) is 5.54. The van der Waals surface area contributed by atoms with Gasteiger partial charge in [-0.15, -0.1) is 11.8 Å². The van der Waals surface area contributed by atoms with E-state index in [-0.39, 0.29) is 6.54 Å². The van der Waals surface area contributed by atoms with Crippen molar-refractivity contribution in [2.75, 3.05) is 32.5 Å². The highest BCUT2D eigenvalue weighted by Gasteiger charge is 2.26. The smallest absolute Gasteiger partial charge is 0.191 e. The maximum atomic E-state index is 10.6. The Balaban J connectivity index is 1.86. The lowest BCUT2D eigenvalue weighted by atomic mass is 10.0. The summed E-state index contributed by atoms with van der Waals surface area (Å²) in [5, 5.41) is 17.1. The molecule has 3 N–H and O–H groups in total. The summed E-state index contributed by atoms with van der Waals surface area (Å²) in [6, 6.07) is 11.6. The molecule has 0 bridgehead atoms. The molecule has 2 unspecified atom stereocenters. The van der Waals surface area contributed by atoms with Crippen molar-refractivity contribution in [1.29, 1.82) is 0 Å². The van der Waals surface area contributed by atoms with Gasteiger partial charge in [0, 0.05) is 23.7 Å². The molecule has 0 radical (unpaired) electrons. The van der Waals surface area contributed by atoms with Crippen LogP contribution in [-0.2, 0) is 5.60 Å². The summed E-state index contributed by atoms with van der Waals surface area (Å²) in [5.41, 5.74) is -1.14. The number of nitrogens with one attached hydrogen (secondary N) is 2. The van der Waals surface area contributed by atoms with Gasteiger partial charge in [0.1, 0.15) is 17.1 Å². The Morgan fingerprint density at radius 1 is 1.29 bits per heavy atom. The first kappa shape index (κ1) is 22.2. The van der Waals surface area contributed by atoms with Gasteiger partial charge in [0.05, 0.1) is 19.9 Å². The van der Waals surface area contributed by atoms with Gasteiger partial charge in [-0.1, -0.05) is 19.1 Å². The second kappa shape index (κ2) is 11.0. The Labute approximate surface area is 171 Å². The zero-order chi connectivity index (χ0) is 20.4. The Kier molecular flexibility index (Phi) is 8.73. The van der Waals surface area contributed by atoms with E-state index in [1.807, 2.05) is 25.1 Å². The highest BCUT2D eigenvalue weighted by molar-refractivity contribution is 7.99. The molecule has 2 rings (SSSR count). The molecule has 0 saturated heterocycles. The zero-order valence-electron chi connectivity index (χ0n) is 17.1. The Bertz CT molecular complexity index is 732. The van der Waals surface area contributed by atoms with Gasteiger partial charge in [0.15, 0.2) is 5.96 Å². The molecule has 0 aliphatic carbocycles. The molecule has 154 valence electrons. The summed E-state index contributed by atoms with van der Waals surface area (Å²) >= 11 is 1.78. The summed E-state index contributed by atoms with van der Waals surface area (Å²) in [6.45, 7) is 7.64. The van der Waals surface area contributed by atoms with Crippen LogP contribution in [0.4, 0.5) is 0 Å². The molecule has 1 aromatic carbocycles. The van der Waals surface area contributed by atoms with Crippen molar-refractivity contribution in [3.05, 3.63) is 48.4 Å². The second-order valence-electron chi connectivity index (χ2n) is 6.89. The van der Waals surface area contributed by atoms with Crippen molar-refractivity contribution in [2.24, 2.45) is 10.9 Å². The number of aliphatic hydroxyl groups is 1. The summed E-state index contributed by atoms with van der Waals surface area (Å²) in [4.78, 5) is 5.66. The number of rotatable bonds is 10. The van der Waals surface area contributed by atoms with Crippen molar-refractivity contribution in [2.45, 2.75) is 31.3 Å². The monoisotopic (exact) mass is 405 g/mol. The van der Waals surface area contributed by atoms with Crippen LogP contribution >= 0.6 is 11.8 Å². The lowest BCUT2D eigenvalue weighted by Crippen LogP contribution is -2.41. The lowest BCUT2D eigenvalue weighted by Gasteiger charge is -2.20. The largest absolute Gasteiger partial charge is 0.496 e. The Morgan fingerprint density at radius 2 is 2.07 bits per heavy atom. The first-order chi connectivity index (χ1) is 13.5. The predicted molar refractivity (Wildman–Crippen MR) is 115 cm³/mol. The van der Waals surface area contributed by atoms with E-state index < -0.39 is 5.60 Å². The molecule has 28 heavy (non-hydrogen) atoms. The summed E-state index contributed by atoms with van der Waals surface area (Å²) < 4.78 is 10.7. The number of thioether (sulfide) groups is 1. The number of furan rings is 1. The fourth-order valence-electron chi connectivity index (χ4n) is 2.54.